The summed E-state index contributed by atoms with van der Waals surface area (Å²) in [4.78, 5) is 21.0. The molecule has 11 heavy (non-hydrogen) atoms. The van der Waals surface area contributed by atoms with Gasteiger partial charge in [-0.3, -0.25) is 20.9 Å². The first-order valence-electron chi connectivity index (χ1n) is 3.07. The normalized spacial score (nSPS) is 12.2. The first-order valence-corrected chi connectivity index (χ1v) is 3.07. The number of nitrogens with one attached hydrogen (secondary N) is 2. The third-order valence-electron chi connectivity index (χ3n) is 1.04. The van der Waals surface area contributed by atoms with Gasteiger partial charge in [0.2, 0.25) is 11.8 Å². The van der Waals surface area contributed by atoms with Gasteiger partial charge in [0.05, 0.1) is 0 Å². The van der Waals surface area contributed by atoms with E-state index in [1.165, 1.54) is 6.92 Å². The molecule has 6 nitrogen and oxygen atoms in total. The minimum atomic E-state index is -0.738. The highest BCUT2D eigenvalue weighted by Gasteiger charge is 2.14. The van der Waals surface area contributed by atoms with E-state index < -0.39 is 11.9 Å². The third-order valence-corrected chi connectivity index (χ3v) is 1.04. The highest BCUT2D eigenvalue weighted by molar-refractivity contribution is 5.85. The second-order valence-corrected chi connectivity index (χ2v) is 2.06. The molecule has 64 valence electrons. The van der Waals surface area contributed by atoms with Crippen LogP contribution in [0.4, 0.5) is 0 Å². The van der Waals surface area contributed by atoms with Gasteiger partial charge < -0.3 is 11.1 Å². The zero-order valence-corrected chi connectivity index (χ0v) is 6.26. The highest BCUT2D eigenvalue weighted by atomic mass is 16.2. The van der Waals surface area contributed by atoms with Crippen LogP contribution in [0.1, 0.15) is 6.92 Å². The van der Waals surface area contributed by atoms with Crippen molar-refractivity contribution in [2.24, 2.45) is 11.6 Å². The van der Waals surface area contributed by atoms with Crippen molar-refractivity contribution >= 4 is 11.8 Å². The Hall–Kier alpha value is -1.14. The summed E-state index contributed by atoms with van der Waals surface area (Å²) in [5, 5.41) is 2.32. The van der Waals surface area contributed by atoms with Crippen molar-refractivity contribution in [3.63, 3.8) is 0 Å². The van der Waals surface area contributed by atoms with Crippen molar-refractivity contribution in [1.82, 2.24) is 10.7 Å². The summed E-state index contributed by atoms with van der Waals surface area (Å²) >= 11 is 0. The Morgan fingerprint density at radius 3 is 2.36 bits per heavy atom. The SMILES string of the molecule is CC(=O)NC(CNN)C(N)=O. The molecule has 0 spiro atoms. The lowest BCUT2D eigenvalue weighted by Crippen LogP contribution is -2.50. The minimum Gasteiger partial charge on any atom is -0.368 e. The lowest BCUT2D eigenvalue weighted by molar-refractivity contribution is -0.126. The first kappa shape index (κ1) is 9.86. The van der Waals surface area contributed by atoms with E-state index in [4.69, 9.17) is 11.6 Å². The van der Waals surface area contributed by atoms with Crippen LogP contribution in [-0.4, -0.2) is 24.4 Å². The van der Waals surface area contributed by atoms with E-state index >= 15 is 0 Å². The van der Waals surface area contributed by atoms with E-state index in [2.05, 4.69) is 10.7 Å². The summed E-state index contributed by atoms with van der Waals surface area (Å²) in [6.45, 7) is 1.43. The number of nitrogens with two attached hydrogens (primary N) is 2. The second-order valence-electron chi connectivity index (χ2n) is 2.06. The van der Waals surface area contributed by atoms with E-state index in [9.17, 15) is 9.59 Å². The molecular weight excluding hydrogens is 148 g/mol. The Balaban J connectivity index is 3.89. The lowest BCUT2D eigenvalue weighted by atomic mass is 10.3. The van der Waals surface area contributed by atoms with Crippen LogP contribution in [0.5, 0.6) is 0 Å². The van der Waals surface area contributed by atoms with Crippen molar-refractivity contribution in [1.29, 1.82) is 0 Å². The summed E-state index contributed by atoms with van der Waals surface area (Å²) in [5.41, 5.74) is 7.16. The number of rotatable bonds is 4. The van der Waals surface area contributed by atoms with Crippen molar-refractivity contribution in [3.8, 4) is 0 Å². The Morgan fingerprint density at radius 1 is 1.55 bits per heavy atom. The van der Waals surface area contributed by atoms with Gasteiger partial charge in [-0.1, -0.05) is 0 Å². The van der Waals surface area contributed by atoms with Gasteiger partial charge in [-0.2, -0.15) is 0 Å². The minimum absolute atomic E-state index is 0.134. The Morgan fingerprint density at radius 2 is 2.09 bits per heavy atom. The van der Waals surface area contributed by atoms with Crippen LogP contribution in [0, 0.1) is 0 Å². The maximum absolute atomic E-state index is 10.5. The predicted molar refractivity (Wildman–Crippen MR) is 39.0 cm³/mol. The van der Waals surface area contributed by atoms with Crippen LogP contribution >= 0.6 is 0 Å². The zero-order valence-electron chi connectivity index (χ0n) is 6.26. The van der Waals surface area contributed by atoms with Gasteiger partial charge in [-0.05, 0) is 0 Å². The standard InChI is InChI=1S/C5H12N4O2/c1-3(10)9-4(2-8-7)5(6)11/h4,8H,2,7H2,1H3,(H2,6,11)(H,9,10). The first-order chi connectivity index (χ1) is 5.07. The van der Waals surface area contributed by atoms with Crippen LogP contribution in [-0.2, 0) is 9.59 Å². The van der Waals surface area contributed by atoms with Crippen molar-refractivity contribution in [2.75, 3.05) is 6.54 Å². The van der Waals surface area contributed by atoms with Crippen LogP contribution in [0.25, 0.3) is 0 Å². The Kier molecular flexibility index (Phi) is 4.16. The van der Waals surface area contributed by atoms with E-state index in [0.717, 1.165) is 0 Å². The molecule has 1 unspecified atom stereocenters. The van der Waals surface area contributed by atoms with Crippen LogP contribution < -0.4 is 22.3 Å². The number of hydrogen-bond donors (Lipinski definition) is 4. The molecule has 6 N–H and O–H groups in total. The molecule has 0 aromatic carbocycles. The van der Waals surface area contributed by atoms with Gasteiger partial charge in [-0.15, -0.1) is 0 Å². The summed E-state index contributed by atoms with van der Waals surface area (Å²) in [6.07, 6.45) is 0. The molecule has 1 atom stereocenters. The van der Waals surface area contributed by atoms with Gasteiger partial charge >= 0.3 is 0 Å². The van der Waals surface area contributed by atoms with E-state index in [1.807, 2.05) is 0 Å². The molecule has 0 aliphatic rings. The van der Waals surface area contributed by atoms with Gasteiger partial charge in [0.1, 0.15) is 6.04 Å². The molecule has 0 aromatic rings. The van der Waals surface area contributed by atoms with Crippen LogP contribution in [0.2, 0.25) is 0 Å². The Labute approximate surface area is 64.3 Å². The van der Waals surface area contributed by atoms with Gasteiger partial charge in [0, 0.05) is 13.5 Å². The topological polar surface area (TPSA) is 110 Å². The maximum atomic E-state index is 10.5. The lowest BCUT2D eigenvalue weighted by Gasteiger charge is -2.12. The fourth-order valence-corrected chi connectivity index (χ4v) is 0.586. The average molecular weight is 160 g/mol. The molecule has 6 heteroatoms. The number of hydrazine groups is 1. The molecule has 0 aliphatic heterocycles. The number of hydrogen-bond acceptors (Lipinski definition) is 4. The molecule has 0 heterocycles. The highest BCUT2D eigenvalue weighted by Crippen LogP contribution is 1.78. The molecule has 0 saturated carbocycles. The molecule has 0 aromatic heterocycles. The van der Waals surface area contributed by atoms with Crippen molar-refractivity contribution in [3.05, 3.63) is 0 Å². The summed E-state index contributed by atoms with van der Waals surface area (Å²) in [6, 6.07) is -0.738. The molecule has 2 amide bonds. The molecule has 0 bridgehead atoms. The zero-order chi connectivity index (χ0) is 8.85. The molecule has 0 radical (unpaired) electrons. The van der Waals surface area contributed by atoms with Crippen molar-refractivity contribution < 1.29 is 9.59 Å². The molecule has 0 rings (SSSR count). The number of carbonyl (C=O) groups excluding carboxylic acids is 2. The monoisotopic (exact) mass is 160 g/mol. The van der Waals surface area contributed by atoms with Crippen LogP contribution in [0.3, 0.4) is 0 Å². The quantitative estimate of drug-likeness (QED) is 0.268. The van der Waals surface area contributed by atoms with Crippen LogP contribution in [0.15, 0.2) is 0 Å². The molecule has 0 aliphatic carbocycles. The van der Waals surface area contributed by atoms with E-state index in [1.54, 1.807) is 0 Å². The van der Waals surface area contributed by atoms with Crippen molar-refractivity contribution in [2.45, 2.75) is 13.0 Å². The molecule has 0 saturated heterocycles. The van der Waals surface area contributed by atoms with E-state index in [-0.39, 0.29) is 12.5 Å². The number of amides is 2. The van der Waals surface area contributed by atoms with Gasteiger partial charge in [-0.25, -0.2) is 0 Å². The number of primary amides is 1. The summed E-state index contributed by atoms with van der Waals surface area (Å²) in [5.74, 6) is 4.01. The fourth-order valence-electron chi connectivity index (χ4n) is 0.586. The van der Waals surface area contributed by atoms with Gasteiger partial charge in [0.25, 0.3) is 0 Å². The second kappa shape index (κ2) is 4.64. The fraction of sp³-hybridized carbons (Fsp3) is 0.600. The Bertz CT molecular complexity index is 159. The number of carbonyl (C=O) groups is 2. The van der Waals surface area contributed by atoms with E-state index in [0.29, 0.717) is 0 Å². The summed E-state index contributed by atoms with van der Waals surface area (Å²) in [7, 11) is 0. The third kappa shape index (κ3) is 4.29. The largest absolute Gasteiger partial charge is 0.368 e. The molecule has 0 fully saturated rings. The predicted octanol–water partition coefficient (Wildman–Crippen LogP) is -2.56. The molecular formula is C5H12N4O2. The average Bonchev–Trinajstić information content (AvgIpc) is 1.86. The smallest absolute Gasteiger partial charge is 0.241 e. The summed E-state index contributed by atoms with van der Waals surface area (Å²) < 4.78 is 0. The maximum Gasteiger partial charge on any atom is 0.241 e. The van der Waals surface area contributed by atoms with Gasteiger partial charge in [0.15, 0.2) is 0 Å².